The van der Waals surface area contributed by atoms with Crippen LogP contribution in [0.4, 0.5) is 0 Å². The van der Waals surface area contributed by atoms with Crippen molar-refractivity contribution < 1.29 is 4.79 Å². The fourth-order valence-corrected chi connectivity index (χ4v) is 2.19. The summed E-state index contributed by atoms with van der Waals surface area (Å²) in [6.07, 6.45) is 6.73. The summed E-state index contributed by atoms with van der Waals surface area (Å²) in [4.78, 5) is 16.1. The van der Waals surface area contributed by atoms with Gasteiger partial charge in [-0.1, -0.05) is 6.07 Å². The van der Waals surface area contributed by atoms with Crippen LogP contribution in [-0.2, 0) is 0 Å². The topological polar surface area (TPSA) is 68.0 Å². The number of hydrogen-bond acceptors (Lipinski definition) is 3. The van der Waals surface area contributed by atoms with Crippen LogP contribution in [-0.4, -0.2) is 23.5 Å². The van der Waals surface area contributed by atoms with E-state index in [-0.39, 0.29) is 11.9 Å². The quantitative estimate of drug-likeness (QED) is 0.824. The Bertz CT molecular complexity index is 435. The van der Waals surface area contributed by atoms with Gasteiger partial charge in [0.05, 0.1) is 0 Å². The van der Waals surface area contributed by atoms with Gasteiger partial charge in [-0.2, -0.15) is 0 Å². The normalized spacial score (nSPS) is 20.5. The maximum atomic E-state index is 11.9. The Kier molecular flexibility index (Phi) is 3.04. The summed E-state index contributed by atoms with van der Waals surface area (Å²) >= 11 is 0. The van der Waals surface area contributed by atoms with Gasteiger partial charge in [0, 0.05) is 18.8 Å². The second kappa shape index (κ2) is 4.69. The van der Waals surface area contributed by atoms with Crippen LogP contribution in [0, 0.1) is 5.92 Å². The van der Waals surface area contributed by atoms with Crippen LogP contribution in [0.5, 0.6) is 0 Å². The Hall–Kier alpha value is -1.42. The Morgan fingerprint density at radius 1 is 1.39 bits per heavy atom. The maximum absolute atomic E-state index is 11.9. The van der Waals surface area contributed by atoms with Gasteiger partial charge in [-0.25, -0.2) is 0 Å². The SMILES string of the molecule is NC(CNC(=O)c1ccc(C2CC2)cn1)C1CC1. The Labute approximate surface area is 107 Å². The van der Waals surface area contributed by atoms with E-state index in [0.717, 1.165) is 0 Å². The molecule has 2 aliphatic carbocycles. The predicted octanol–water partition coefficient (Wildman–Crippen LogP) is 1.43. The molecule has 4 heteroatoms. The van der Waals surface area contributed by atoms with E-state index in [2.05, 4.69) is 10.3 Å². The van der Waals surface area contributed by atoms with E-state index >= 15 is 0 Å². The average Bonchev–Trinajstić information content (AvgIpc) is 3.28. The molecule has 96 valence electrons. The van der Waals surface area contributed by atoms with Crippen LogP contribution in [0.3, 0.4) is 0 Å². The second-order valence-corrected chi connectivity index (χ2v) is 5.46. The highest BCUT2D eigenvalue weighted by molar-refractivity contribution is 5.92. The summed E-state index contributed by atoms with van der Waals surface area (Å²) in [6, 6.07) is 3.92. The van der Waals surface area contributed by atoms with Crippen LogP contribution in [0.1, 0.15) is 47.7 Å². The van der Waals surface area contributed by atoms with Gasteiger partial charge in [-0.3, -0.25) is 9.78 Å². The molecule has 0 radical (unpaired) electrons. The van der Waals surface area contributed by atoms with Crippen molar-refractivity contribution in [3.8, 4) is 0 Å². The highest BCUT2D eigenvalue weighted by Gasteiger charge is 2.28. The largest absolute Gasteiger partial charge is 0.349 e. The molecule has 0 bridgehead atoms. The lowest BCUT2D eigenvalue weighted by Gasteiger charge is -2.11. The van der Waals surface area contributed by atoms with E-state index in [4.69, 9.17) is 5.73 Å². The molecule has 1 amide bonds. The molecule has 3 rings (SSSR count). The van der Waals surface area contributed by atoms with Crippen molar-refractivity contribution in [2.45, 2.75) is 37.6 Å². The molecule has 0 aliphatic heterocycles. The third kappa shape index (κ3) is 2.70. The molecule has 2 aliphatic rings. The van der Waals surface area contributed by atoms with Gasteiger partial charge in [0.25, 0.3) is 5.91 Å². The number of rotatable bonds is 5. The summed E-state index contributed by atoms with van der Waals surface area (Å²) in [6.45, 7) is 0.551. The first kappa shape index (κ1) is 11.7. The zero-order chi connectivity index (χ0) is 12.5. The summed E-state index contributed by atoms with van der Waals surface area (Å²) in [5, 5.41) is 2.86. The van der Waals surface area contributed by atoms with Gasteiger partial charge in [-0.05, 0) is 49.1 Å². The minimum atomic E-state index is -0.117. The van der Waals surface area contributed by atoms with Gasteiger partial charge in [0.15, 0.2) is 0 Å². The van der Waals surface area contributed by atoms with Crippen molar-refractivity contribution in [2.24, 2.45) is 11.7 Å². The maximum Gasteiger partial charge on any atom is 0.269 e. The summed E-state index contributed by atoms with van der Waals surface area (Å²) < 4.78 is 0. The number of aromatic nitrogens is 1. The molecule has 0 spiro atoms. The first-order valence-electron chi connectivity index (χ1n) is 6.74. The number of nitrogens with two attached hydrogens (primary N) is 1. The fraction of sp³-hybridized carbons (Fsp3) is 0.571. The Balaban J connectivity index is 1.54. The lowest BCUT2D eigenvalue weighted by Crippen LogP contribution is -2.38. The first-order valence-corrected chi connectivity index (χ1v) is 6.74. The van der Waals surface area contributed by atoms with Crippen molar-refractivity contribution in [1.29, 1.82) is 0 Å². The van der Waals surface area contributed by atoms with E-state index < -0.39 is 0 Å². The number of pyridine rings is 1. The lowest BCUT2D eigenvalue weighted by atomic mass is 10.1. The second-order valence-electron chi connectivity index (χ2n) is 5.46. The van der Waals surface area contributed by atoms with E-state index in [1.165, 1.54) is 31.2 Å². The van der Waals surface area contributed by atoms with E-state index in [1.54, 1.807) is 0 Å². The number of nitrogens with one attached hydrogen (secondary N) is 1. The van der Waals surface area contributed by atoms with Crippen molar-refractivity contribution in [3.63, 3.8) is 0 Å². The molecule has 1 aromatic rings. The zero-order valence-corrected chi connectivity index (χ0v) is 10.4. The monoisotopic (exact) mass is 245 g/mol. The van der Waals surface area contributed by atoms with Crippen molar-refractivity contribution in [1.82, 2.24) is 10.3 Å². The summed E-state index contributed by atoms with van der Waals surface area (Å²) in [5.74, 6) is 1.17. The van der Waals surface area contributed by atoms with Crippen LogP contribution in [0.2, 0.25) is 0 Å². The van der Waals surface area contributed by atoms with E-state index in [9.17, 15) is 4.79 Å². The molecule has 0 aromatic carbocycles. The number of amides is 1. The third-order valence-corrected chi connectivity index (χ3v) is 3.79. The molecule has 2 saturated carbocycles. The van der Waals surface area contributed by atoms with Crippen LogP contribution >= 0.6 is 0 Å². The molecule has 1 aromatic heterocycles. The average molecular weight is 245 g/mol. The standard InChI is InChI=1S/C14H19N3O/c15-12(10-3-4-10)8-17-14(18)13-6-5-11(7-16-13)9-1-2-9/h5-7,9-10,12H,1-4,8,15H2,(H,17,18). The molecular formula is C14H19N3O. The van der Waals surface area contributed by atoms with Crippen LogP contribution < -0.4 is 11.1 Å². The van der Waals surface area contributed by atoms with Crippen LogP contribution in [0.15, 0.2) is 18.3 Å². The van der Waals surface area contributed by atoms with Gasteiger partial charge in [0.2, 0.25) is 0 Å². The Morgan fingerprint density at radius 2 is 2.17 bits per heavy atom. The third-order valence-electron chi connectivity index (χ3n) is 3.79. The van der Waals surface area contributed by atoms with Crippen molar-refractivity contribution >= 4 is 5.91 Å². The molecule has 1 atom stereocenters. The molecule has 1 unspecified atom stereocenters. The van der Waals surface area contributed by atoms with E-state index in [0.29, 0.717) is 24.1 Å². The lowest BCUT2D eigenvalue weighted by molar-refractivity contribution is 0.0945. The molecule has 4 nitrogen and oxygen atoms in total. The molecular weight excluding hydrogens is 226 g/mol. The van der Waals surface area contributed by atoms with Gasteiger partial charge >= 0.3 is 0 Å². The van der Waals surface area contributed by atoms with E-state index in [1.807, 2.05) is 18.3 Å². The molecule has 1 heterocycles. The number of hydrogen-bond donors (Lipinski definition) is 2. The van der Waals surface area contributed by atoms with Gasteiger partial charge < -0.3 is 11.1 Å². The number of carbonyl (C=O) groups is 1. The summed E-state index contributed by atoms with van der Waals surface area (Å²) in [5.41, 5.74) is 7.68. The number of nitrogens with zero attached hydrogens (tertiary/aromatic N) is 1. The molecule has 18 heavy (non-hydrogen) atoms. The molecule has 3 N–H and O–H groups in total. The zero-order valence-electron chi connectivity index (χ0n) is 10.4. The predicted molar refractivity (Wildman–Crippen MR) is 69.2 cm³/mol. The number of carbonyl (C=O) groups excluding carboxylic acids is 1. The highest BCUT2D eigenvalue weighted by atomic mass is 16.1. The first-order chi connectivity index (χ1) is 8.74. The minimum absolute atomic E-state index is 0.0969. The highest BCUT2D eigenvalue weighted by Crippen LogP contribution is 2.39. The van der Waals surface area contributed by atoms with Crippen molar-refractivity contribution in [3.05, 3.63) is 29.6 Å². The van der Waals surface area contributed by atoms with Crippen molar-refractivity contribution in [2.75, 3.05) is 6.54 Å². The molecule has 2 fully saturated rings. The molecule has 0 saturated heterocycles. The smallest absolute Gasteiger partial charge is 0.269 e. The fourth-order valence-electron chi connectivity index (χ4n) is 2.19. The minimum Gasteiger partial charge on any atom is -0.349 e. The van der Waals surface area contributed by atoms with Gasteiger partial charge in [0.1, 0.15) is 5.69 Å². The van der Waals surface area contributed by atoms with Gasteiger partial charge in [-0.15, -0.1) is 0 Å². The Morgan fingerprint density at radius 3 is 2.72 bits per heavy atom. The van der Waals surface area contributed by atoms with Crippen LogP contribution in [0.25, 0.3) is 0 Å². The summed E-state index contributed by atoms with van der Waals surface area (Å²) in [7, 11) is 0.